The van der Waals surface area contributed by atoms with Crippen LogP contribution in [0.5, 0.6) is 0 Å². The number of carboxylic acid groups (broad SMARTS) is 1. The summed E-state index contributed by atoms with van der Waals surface area (Å²) < 4.78 is 1.77. The van der Waals surface area contributed by atoms with Gasteiger partial charge in [-0.2, -0.15) is 0 Å². The fourth-order valence-corrected chi connectivity index (χ4v) is 1.30. The lowest BCUT2D eigenvalue weighted by Gasteiger charge is -2.00. The average molecular weight is 195 g/mol. The molecular formula is C8H9N3O3. The zero-order valence-corrected chi connectivity index (χ0v) is 7.54. The second-order valence-corrected chi connectivity index (χ2v) is 3.06. The molecule has 0 aliphatic carbocycles. The van der Waals surface area contributed by atoms with Crippen molar-refractivity contribution in [2.75, 3.05) is 0 Å². The van der Waals surface area contributed by atoms with Gasteiger partial charge in [-0.3, -0.25) is 0 Å². The van der Waals surface area contributed by atoms with Gasteiger partial charge in [0.25, 0.3) is 0 Å². The van der Waals surface area contributed by atoms with Gasteiger partial charge in [0.2, 0.25) is 6.10 Å². The molecule has 1 aliphatic heterocycles. The number of hydrogen-bond donors (Lipinski definition) is 1. The van der Waals surface area contributed by atoms with Crippen molar-refractivity contribution in [2.24, 2.45) is 12.2 Å². The van der Waals surface area contributed by atoms with Crippen molar-refractivity contribution in [1.29, 1.82) is 0 Å². The highest BCUT2D eigenvalue weighted by molar-refractivity contribution is 6.02. The highest BCUT2D eigenvalue weighted by atomic mass is 16.7. The normalized spacial score (nSPS) is 20.4. The zero-order valence-electron chi connectivity index (χ0n) is 7.54. The lowest BCUT2D eigenvalue weighted by Crippen LogP contribution is -2.20. The van der Waals surface area contributed by atoms with E-state index in [1.165, 1.54) is 0 Å². The predicted octanol–water partition coefficient (Wildman–Crippen LogP) is -0.00230. The van der Waals surface area contributed by atoms with Crippen molar-refractivity contribution < 1.29 is 14.7 Å². The van der Waals surface area contributed by atoms with E-state index >= 15 is 0 Å². The van der Waals surface area contributed by atoms with E-state index in [4.69, 9.17) is 9.94 Å². The quantitative estimate of drug-likeness (QED) is 0.720. The van der Waals surface area contributed by atoms with Crippen LogP contribution < -0.4 is 0 Å². The highest BCUT2D eigenvalue weighted by Crippen LogP contribution is 2.15. The lowest BCUT2D eigenvalue weighted by molar-refractivity contribution is -0.148. The van der Waals surface area contributed by atoms with Crippen molar-refractivity contribution in [2.45, 2.75) is 12.5 Å². The summed E-state index contributed by atoms with van der Waals surface area (Å²) >= 11 is 0. The summed E-state index contributed by atoms with van der Waals surface area (Å²) in [5, 5.41) is 12.4. The van der Waals surface area contributed by atoms with E-state index < -0.39 is 12.1 Å². The third-order valence-electron chi connectivity index (χ3n) is 2.06. The first-order valence-electron chi connectivity index (χ1n) is 4.10. The maximum Gasteiger partial charge on any atom is 0.348 e. The molecule has 6 nitrogen and oxygen atoms in total. The SMILES string of the molecule is Cn1cncc1C1=NOC(C(=O)O)C1. The predicted molar refractivity (Wildman–Crippen MR) is 46.9 cm³/mol. The molecular weight excluding hydrogens is 186 g/mol. The summed E-state index contributed by atoms with van der Waals surface area (Å²) in [7, 11) is 1.82. The molecule has 1 aliphatic rings. The van der Waals surface area contributed by atoms with Gasteiger partial charge < -0.3 is 14.5 Å². The number of aromatic nitrogens is 2. The summed E-state index contributed by atoms with van der Waals surface area (Å²) in [6.07, 6.45) is 2.69. The van der Waals surface area contributed by atoms with Gasteiger partial charge in [-0.05, 0) is 0 Å². The second kappa shape index (κ2) is 3.13. The van der Waals surface area contributed by atoms with Gasteiger partial charge in [0, 0.05) is 13.5 Å². The first-order chi connectivity index (χ1) is 6.68. The molecule has 0 saturated heterocycles. The number of rotatable bonds is 2. The van der Waals surface area contributed by atoms with Crippen LogP contribution in [0.4, 0.5) is 0 Å². The van der Waals surface area contributed by atoms with E-state index in [1.54, 1.807) is 17.1 Å². The Balaban J connectivity index is 2.17. The van der Waals surface area contributed by atoms with Crippen molar-refractivity contribution in [3.63, 3.8) is 0 Å². The Morgan fingerprint density at radius 1 is 1.79 bits per heavy atom. The molecule has 0 spiro atoms. The van der Waals surface area contributed by atoms with Crippen LogP contribution in [0.25, 0.3) is 0 Å². The van der Waals surface area contributed by atoms with Crippen molar-refractivity contribution in [3.8, 4) is 0 Å². The van der Waals surface area contributed by atoms with E-state index in [9.17, 15) is 4.79 Å². The number of imidazole rings is 1. The number of nitrogens with zero attached hydrogens (tertiary/aromatic N) is 3. The first kappa shape index (κ1) is 8.74. The minimum atomic E-state index is -0.995. The molecule has 0 bridgehead atoms. The van der Waals surface area contributed by atoms with Gasteiger partial charge in [0.1, 0.15) is 5.71 Å². The summed E-state index contributed by atoms with van der Waals surface area (Å²) in [5.41, 5.74) is 1.41. The molecule has 2 heterocycles. The fourth-order valence-electron chi connectivity index (χ4n) is 1.30. The molecule has 1 aromatic rings. The van der Waals surface area contributed by atoms with E-state index in [0.717, 1.165) is 5.69 Å². The molecule has 1 N–H and O–H groups in total. The van der Waals surface area contributed by atoms with Gasteiger partial charge >= 0.3 is 5.97 Å². The van der Waals surface area contributed by atoms with Gasteiger partial charge in [-0.15, -0.1) is 0 Å². The van der Waals surface area contributed by atoms with Crippen LogP contribution >= 0.6 is 0 Å². The maximum atomic E-state index is 10.6. The van der Waals surface area contributed by atoms with Gasteiger partial charge in [-0.1, -0.05) is 5.16 Å². The average Bonchev–Trinajstić information content (AvgIpc) is 2.71. The van der Waals surface area contributed by atoms with E-state index in [1.807, 2.05) is 7.05 Å². The molecule has 74 valence electrons. The van der Waals surface area contributed by atoms with Crippen LogP contribution in [-0.2, 0) is 16.7 Å². The standard InChI is InChI=1S/C8H9N3O3/c1-11-4-9-3-6(11)5-2-7(8(12)13)14-10-5/h3-4,7H,2H2,1H3,(H,12,13). The molecule has 1 atom stereocenters. The monoisotopic (exact) mass is 195 g/mol. The molecule has 0 fully saturated rings. The minimum absolute atomic E-state index is 0.287. The molecule has 1 unspecified atom stereocenters. The third kappa shape index (κ3) is 1.34. The van der Waals surface area contributed by atoms with Crippen LogP contribution in [0, 0.1) is 0 Å². The highest BCUT2D eigenvalue weighted by Gasteiger charge is 2.29. The first-order valence-corrected chi connectivity index (χ1v) is 4.10. The smallest absolute Gasteiger partial charge is 0.348 e. The molecule has 6 heteroatoms. The van der Waals surface area contributed by atoms with Crippen LogP contribution in [0.15, 0.2) is 17.7 Å². The Hall–Kier alpha value is -1.85. The molecule has 0 aromatic carbocycles. The molecule has 1 aromatic heterocycles. The van der Waals surface area contributed by atoms with Crippen LogP contribution in [0.3, 0.4) is 0 Å². The number of aliphatic carboxylic acids is 1. The van der Waals surface area contributed by atoms with Crippen LogP contribution in [-0.4, -0.2) is 32.4 Å². The molecule has 2 rings (SSSR count). The summed E-state index contributed by atoms with van der Waals surface area (Å²) in [6, 6.07) is 0. The summed E-state index contributed by atoms with van der Waals surface area (Å²) in [4.78, 5) is 19.2. The van der Waals surface area contributed by atoms with Gasteiger partial charge in [-0.25, -0.2) is 9.78 Å². The van der Waals surface area contributed by atoms with E-state index in [-0.39, 0.29) is 6.42 Å². The van der Waals surface area contributed by atoms with Crippen molar-refractivity contribution in [1.82, 2.24) is 9.55 Å². The molecule has 0 amide bonds. The molecule has 14 heavy (non-hydrogen) atoms. The van der Waals surface area contributed by atoms with Crippen LogP contribution in [0.1, 0.15) is 12.1 Å². The topological polar surface area (TPSA) is 76.7 Å². The number of hydrogen-bond acceptors (Lipinski definition) is 4. The molecule has 0 saturated carbocycles. The van der Waals surface area contributed by atoms with Gasteiger partial charge in [0.05, 0.1) is 18.2 Å². The third-order valence-corrected chi connectivity index (χ3v) is 2.06. The van der Waals surface area contributed by atoms with Gasteiger partial charge in [0.15, 0.2) is 0 Å². The Morgan fingerprint density at radius 3 is 3.07 bits per heavy atom. The maximum absolute atomic E-state index is 10.6. The Bertz CT molecular complexity index is 396. The number of carboxylic acids is 1. The minimum Gasteiger partial charge on any atom is -0.478 e. The fraction of sp³-hybridized carbons (Fsp3) is 0.375. The number of carbonyl (C=O) groups is 1. The van der Waals surface area contributed by atoms with Crippen LogP contribution in [0.2, 0.25) is 0 Å². The number of oxime groups is 1. The largest absolute Gasteiger partial charge is 0.478 e. The number of aryl methyl sites for hydroxylation is 1. The van der Waals surface area contributed by atoms with Crippen molar-refractivity contribution >= 4 is 11.7 Å². The second-order valence-electron chi connectivity index (χ2n) is 3.06. The summed E-state index contributed by atoms with van der Waals surface area (Å²) in [6.45, 7) is 0. The zero-order chi connectivity index (χ0) is 10.1. The molecule has 0 radical (unpaired) electrons. The summed E-state index contributed by atoms with van der Waals surface area (Å²) in [5.74, 6) is -0.995. The van der Waals surface area contributed by atoms with E-state index in [2.05, 4.69) is 10.1 Å². The van der Waals surface area contributed by atoms with E-state index in [0.29, 0.717) is 5.71 Å². The Labute approximate surface area is 79.8 Å². The van der Waals surface area contributed by atoms with Crippen molar-refractivity contribution in [3.05, 3.63) is 18.2 Å². The Kier molecular flexibility index (Phi) is 1.95. The lowest BCUT2D eigenvalue weighted by atomic mass is 10.1. The Morgan fingerprint density at radius 2 is 2.57 bits per heavy atom.